The molecule has 0 aromatic heterocycles. The molecule has 3 amide bonds. The van der Waals surface area contributed by atoms with Crippen LogP contribution in [0, 0.1) is 0 Å². The van der Waals surface area contributed by atoms with Crippen LogP contribution in [-0.4, -0.2) is 93.5 Å². The summed E-state index contributed by atoms with van der Waals surface area (Å²) in [6.45, 7) is -0.665. The van der Waals surface area contributed by atoms with Crippen LogP contribution in [0.5, 0.6) is 0 Å². The summed E-state index contributed by atoms with van der Waals surface area (Å²) >= 11 is -1.99. The van der Waals surface area contributed by atoms with E-state index in [1.54, 1.807) is 0 Å². The van der Waals surface area contributed by atoms with Crippen LogP contribution >= 0.6 is 11.8 Å². The number of rotatable bonds is 14. The first kappa shape index (κ1) is 28.4. The van der Waals surface area contributed by atoms with Gasteiger partial charge in [-0.25, -0.2) is 0 Å². The number of amides is 3. The molecule has 13 nitrogen and oxygen atoms in total. The van der Waals surface area contributed by atoms with Gasteiger partial charge in [-0.1, -0.05) is 0 Å². The van der Waals surface area contributed by atoms with Crippen LogP contribution < -0.4 is 26.0 Å². The maximum absolute atomic E-state index is 12.2. The molecule has 1 aromatic carbocycles. The van der Waals surface area contributed by atoms with Gasteiger partial charge in [0.05, 0.1) is 0 Å². The number of hydrogen-bond acceptors (Lipinski definition) is 9. The second-order valence-corrected chi connectivity index (χ2v) is 9.94. The summed E-state index contributed by atoms with van der Waals surface area (Å²) in [4.78, 5) is 57.8. The van der Waals surface area contributed by atoms with E-state index >= 15 is 0 Å². The monoisotopic (exact) mass is 548 g/mol. The summed E-state index contributed by atoms with van der Waals surface area (Å²) in [6.07, 6.45) is -0.419. The van der Waals surface area contributed by atoms with E-state index in [-0.39, 0.29) is 24.3 Å². The SMILES string of the molecule is NC(CCC(=O)NC(CSCC(=O)Nc1ccc([As](O)O)cc1)C(=O)NCC(=O)O)C(=O)O. The third-order valence-corrected chi connectivity index (χ3v) is 6.59. The molecule has 182 valence electrons. The van der Waals surface area contributed by atoms with Crippen LogP contribution in [-0.2, 0) is 24.0 Å². The van der Waals surface area contributed by atoms with Gasteiger partial charge < -0.3 is 15.9 Å². The van der Waals surface area contributed by atoms with Gasteiger partial charge in [0.15, 0.2) is 0 Å². The van der Waals surface area contributed by atoms with Gasteiger partial charge in [-0.05, 0) is 6.42 Å². The van der Waals surface area contributed by atoms with E-state index < -0.39 is 63.6 Å². The Kier molecular flexibility index (Phi) is 12.5. The Morgan fingerprint density at radius 3 is 2.21 bits per heavy atom. The summed E-state index contributed by atoms with van der Waals surface area (Å²) in [7, 11) is 0. The number of carbonyl (C=O) groups is 5. The van der Waals surface area contributed by atoms with E-state index in [0.717, 1.165) is 11.8 Å². The second kappa shape index (κ2) is 14.5. The average molecular weight is 548 g/mol. The molecular weight excluding hydrogens is 523 g/mol. The Balaban J connectivity index is 2.60. The van der Waals surface area contributed by atoms with Gasteiger partial charge in [-0.15, -0.1) is 0 Å². The van der Waals surface area contributed by atoms with Gasteiger partial charge in [0, 0.05) is 6.42 Å². The van der Waals surface area contributed by atoms with Crippen LogP contribution in [0.4, 0.5) is 5.69 Å². The third-order valence-electron chi connectivity index (χ3n) is 3.96. The number of aliphatic carboxylic acids is 2. The standard InChI is InChI=1S/C18H25AsN4O9S/c20-12(18(29)30)5-6-14(24)23-13(17(28)21-7-16(26)27)8-33-9-15(25)22-11-3-1-10(2-4-11)19(31)32/h1-4,12-13,31-32H,5-9,20H2,(H,21,28)(H,22,25)(H,23,24)(H,26,27)(H,29,30). The molecule has 0 saturated carbocycles. The Hall–Kier alpha value is -2.64. The van der Waals surface area contributed by atoms with Gasteiger partial charge >= 0.3 is 142 Å². The van der Waals surface area contributed by atoms with Crippen molar-refractivity contribution in [3.63, 3.8) is 0 Å². The zero-order chi connectivity index (χ0) is 25.0. The first-order valence-corrected chi connectivity index (χ1v) is 13.2. The number of hydrogen-bond donors (Lipinski definition) is 8. The van der Waals surface area contributed by atoms with Gasteiger partial charge in [0.25, 0.3) is 0 Å². The Morgan fingerprint density at radius 1 is 1.03 bits per heavy atom. The molecule has 0 aliphatic rings. The van der Waals surface area contributed by atoms with Crippen molar-refractivity contribution in [3.05, 3.63) is 24.3 Å². The molecule has 1 aromatic rings. The molecule has 0 aliphatic carbocycles. The van der Waals surface area contributed by atoms with Crippen molar-refractivity contribution in [3.8, 4) is 0 Å². The summed E-state index contributed by atoms with van der Waals surface area (Å²) in [5.74, 6) is -4.55. The van der Waals surface area contributed by atoms with Crippen LogP contribution in [0.2, 0.25) is 0 Å². The summed E-state index contributed by atoms with van der Waals surface area (Å²) in [5.41, 5.74) is 5.77. The van der Waals surface area contributed by atoms with E-state index in [1.165, 1.54) is 24.3 Å². The van der Waals surface area contributed by atoms with Gasteiger partial charge in [-0.2, -0.15) is 0 Å². The quantitative estimate of drug-likeness (QED) is 0.109. The molecule has 33 heavy (non-hydrogen) atoms. The molecule has 0 bridgehead atoms. The number of nitrogens with two attached hydrogens (primary N) is 1. The minimum Gasteiger partial charge on any atom is -0.480 e. The van der Waals surface area contributed by atoms with Crippen molar-refractivity contribution in [1.82, 2.24) is 10.6 Å². The molecule has 0 aliphatic heterocycles. The van der Waals surface area contributed by atoms with E-state index in [2.05, 4.69) is 16.0 Å². The number of nitrogens with one attached hydrogen (secondary N) is 3. The zero-order valence-corrected chi connectivity index (χ0v) is 20.0. The molecule has 1 rings (SSSR count). The minimum atomic E-state index is -2.99. The fourth-order valence-electron chi connectivity index (χ4n) is 2.29. The van der Waals surface area contributed by atoms with Gasteiger partial charge in [0.1, 0.15) is 12.6 Å². The van der Waals surface area contributed by atoms with E-state index in [4.69, 9.17) is 15.9 Å². The molecule has 2 unspecified atom stereocenters. The van der Waals surface area contributed by atoms with Crippen molar-refractivity contribution in [1.29, 1.82) is 0 Å². The van der Waals surface area contributed by atoms with Crippen LogP contribution in [0.3, 0.4) is 0 Å². The molecule has 0 saturated heterocycles. The number of thioether (sulfide) groups is 1. The number of benzene rings is 1. The first-order valence-electron chi connectivity index (χ1n) is 9.42. The van der Waals surface area contributed by atoms with Crippen molar-refractivity contribution < 1.29 is 42.4 Å². The minimum absolute atomic E-state index is 0.0584. The topological polar surface area (TPSA) is 228 Å². The van der Waals surface area contributed by atoms with Crippen molar-refractivity contribution in [2.24, 2.45) is 5.73 Å². The normalized spacial score (nSPS) is 12.5. The molecule has 0 radical (unpaired) electrons. The van der Waals surface area contributed by atoms with E-state index in [0.29, 0.717) is 10.0 Å². The summed E-state index contributed by atoms with van der Waals surface area (Å²) < 4.78 is 18.8. The molecule has 0 fully saturated rings. The maximum atomic E-state index is 12.2. The van der Waals surface area contributed by atoms with Crippen molar-refractivity contribution in [2.45, 2.75) is 24.9 Å². The number of carboxylic acids is 2. The molecular formula is C18H25AsN4O9S. The number of anilines is 1. The smallest absolute Gasteiger partial charge is 0.480 e. The molecule has 2 atom stereocenters. The van der Waals surface area contributed by atoms with Crippen molar-refractivity contribution >= 4 is 66.8 Å². The van der Waals surface area contributed by atoms with Gasteiger partial charge in [0.2, 0.25) is 0 Å². The zero-order valence-electron chi connectivity index (χ0n) is 17.3. The fraction of sp³-hybridized carbons (Fsp3) is 0.389. The molecule has 0 heterocycles. The van der Waals surface area contributed by atoms with Crippen molar-refractivity contribution in [2.75, 3.05) is 23.4 Å². The summed E-state index contributed by atoms with van der Waals surface area (Å²) in [5, 5.41) is 24.6. The van der Waals surface area contributed by atoms with E-state index in [9.17, 15) is 32.2 Å². The van der Waals surface area contributed by atoms with E-state index in [1.807, 2.05) is 0 Å². The molecule has 9 N–H and O–H groups in total. The second-order valence-electron chi connectivity index (χ2n) is 6.61. The first-order chi connectivity index (χ1) is 15.5. The fourth-order valence-corrected chi connectivity index (χ4v) is 4.01. The number of carbonyl (C=O) groups excluding carboxylic acids is 3. The van der Waals surface area contributed by atoms with Crippen LogP contribution in [0.1, 0.15) is 12.8 Å². The Morgan fingerprint density at radius 2 is 1.67 bits per heavy atom. The van der Waals surface area contributed by atoms with Crippen LogP contribution in [0.15, 0.2) is 24.3 Å². The third kappa shape index (κ3) is 11.7. The number of carboxylic acid groups (broad SMARTS) is 2. The molecule has 0 spiro atoms. The summed E-state index contributed by atoms with van der Waals surface area (Å²) in [6, 6.07) is 3.58. The van der Waals surface area contributed by atoms with Crippen LogP contribution in [0.25, 0.3) is 0 Å². The Bertz CT molecular complexity index is 854. The van der Waals surface area contributed by atoms with Gasteiger partial charge in [-0.3, -0.25) is 14.4 Å². The average Bonchev–Trinajstić information content (AvgIpc) is 2.75. The molecule has 15 heteroatoms. The Labute approximate surface area is 198 Å². The predicted octanol–water partition coefficient (Wildman–Crippen LogP) is -3.08. The predicted molar refractivity (Wildman–Crippen MR) is 120 cm³/mol.